The monoisotopic (exact) mass is 352 g/mol. The quantitative estimate of drug-likeness (QED) is 0.694. The van der Waals surface area contributed by atoms with E-state index in [0.717, 1.165) is 31.2 Å². The predicted molar refractivity (Wildman–Crippen MR) is 102 cm³/mol. The van der Waals surface area contributed by atoms with Crippen molar-refractivity contribution < 1.29 is 0 Å². The van der Waals surface area contributed by atoms with E-state index in [1.807, 2.05) is 6.20 Å². The van der Waals surface area contributed by atoms with E-state index >= 15 is 0 Å². The highest BCUT2D eigenvalue weighted by molar-refractivity contribution is 7.09. The molecule has 0 bridgehead atoms. The van der Waals surface area contributed by atoms with Crippen molar-refractivity contribution in [2.75, 3.05) is 13.1 Å². The van der Waals surface area contributed by atoms with Crippen LogP contribution >= 0.6 is 11.3 Å². The summed E-state index contributed by atoms with van der Waals surface area (Å²) in [5, 5.41) is 3.34. The molecule has 2 aromatic heterocycles. The van der Waals surface area contributed by atoms with Crippen LogP contribution in [0.25, 0.3) is 0 Å². The number of rotatable bonds is 5. The molecule has 25 heavy (non-hydrogen) atoms. The number of imidazole rings is 1. The molecule has 0 aliphatic carbocycles. The van der Waals surface area contributed by atoms with E-state index in [2.05, 4.69) is 63.3 Å². The molecule has 0 radical (unpaired) electrons. The number of aryl methyl sites for hydroxylation is 1. The summed E-state index contributed by atoms with van der Waals surface area (Å²) in [5.74, 6) is 1.73. The summed E-state index contributed by atoms with van der Waals surface area (Å²) in [6.45, 7) is 6.17. The number of aromatic nitrogens is 3. The predicted octanol–water partition coefficient (Wildman–Crippen LogP) is 4.08. The van der Waals surface area contributed by atoms with E-state index in [9.17, 15) is 0 Å². The third kappa shape index (κ3) is 3.99. The molecule has 3 aromatic rings. The summed E-state index contributed by atoms with van der Waals surface area (Å²) in [5.41, 5.74) is 2.53. The van der Waals surface area contributed by atoms with Gasteiger partial charge < -0.3 is 4.57 Å². The molecule has 4 rings (SSSR count). The van der Waals surface area contributed by atoms with Crippen LogP contribution in [0.15, 0.2) is 48.1 Å². The lowest BCUT2D eigenvalue weighted by atomic mass is 9.97. The van der Waals surface area contributed by atoms with Crippen LogP contribution in [0, 0.1) is 6.92 Å². The molecule has 0 N–H and O–H groups in total. The van der Waals surface area contributed by atoms with Gasteiger partial charge in [-0.15, -0.1) is 11.3 Å². The van der Waals surface area contributed by atoms with Crippen molar-refractivity contribution >= 4 is 11.3 Å². The van der Waals surface area contributed by atoms with Gasteiger partial charge in [0.2, 0.25) is 0 Å². The zero-order valence-electron chi connectivity index (χ0n) is 14.6. The minimum Gasteiger partial charge on any atom is -0.330 e. The van der Waals surface area contributed by atoms with Crippen LogP contribution in [-0.2, 0) is 13.1 Å². The first-order valence-electron chi connectivity index (χ1n) is 8.96. The van der Waals surface area contributed by atoms with Crippen LogP contribution in [0.4, 0.5) is 0 Å². The van der Waals surface area contributed by atoms with Gasteiger partial charge in [0.25, 0.3) is 0 Å². The summed E-state index contributed by atoms with van der Waals surface area (Å²) < 4.78 is 2.32. The van der Waals surface area contributed by atoms with Gasteiger partial charge in [0.05, 0.1) is 10.7 Å². The van der Waals surface area contributed by atoms with Crippen molar-refractivity contribution in [2.45, 2.75) is 38.8 Å². The third-order valence-corrected chi connectivity index (χ3v) is 5.69. The van der Waals surface area contributed by atoms with Crippen LogP contribution < -0.4 is 0 Å². The number of nitrogens with zero attached hydrogens (tertiary/aromatic N) is 4. The van der Waals surface area contributed by atoms with Gasteiger partial charge in [0.15, 0.2) is 0 Å². The minimum absolute atomic E-state index is 0.507. The Morgan fingerprint density at radius 2 is 2.08 bits per heavy atom. The van der Waals surface area contributed by atoms with Crippen LogP contribution in [0.3, 0.4) is 0 Å². The second kappa shape index (κ2) is 7.50. The molecule has 130 valence electrons. The fourth-order valence-electron chi connectivity index (χ4n) is 3.71. The molecule has 0 unspecified atom stereocenters. The Kier molecular flexibility index (Phi) is 4.95. The van der Waals surface area contributed by atoms with E-state index in [1.165, 1.54) is 29.9 Å². The van der Waals surface area contributed by atoms with Gasteiger partial charge in [-0.2, -0.15) is 0 Å². The van der Waals surface area contributed by atoms with Crippen molar-refractivity contribution in [3.63, 3.8) is 0 Å². The lowest BCUT2D eigenvalue weighted by Gasteiger charge is -2.32. The normalized spacial score (nSPS) is 18.5. The number of likely N-dealkylation sites (tertiary alicyclic amines) is 1. The molecule has 4 nitrogen and oxygen atoms in total. The molecule has 1 aromatic carbocycles. The Morgan fingerprint density at radius 3 is 2.88 bits per heavy atom. The maximum atomic E-state index is 4.70. The zero-order chi connectivity index (χ0) is 17.1. The smallest absolute Gasteiger partial charge is 0.113 e. The SMILES string of the molecule is Cc1nc(CN2CCC[C@@H](c3nccn3Cc3ccccc3)C2)cs1. The van der Waals surface area contributed by atoms with Crippen molar-refractivity contribution in [2.24, 2.45) is 0 Å². The Morgan fingerprint density at radius 1 is 1.20 bits per heavy atom. The van der Waals surface area contributed by atoms with Gasteiger partial charge in [-0.25, -0.2) is 9.97 Å². The summed E-state index contributed by atoms with van der Waals surface area (Å²) in [4.78, 5) is 11.9. The van der Waals surface area contributed by atoms with Crippen molar-refractivity contribution in [1.29, 1.82) is 0 Å². The van der Waals surface area contributed by atoms with Crippen molar-refractivity contribution in [1.82, 2.24) is 19.4 Å². The van der Waals surface area contributed by atoms with Gasteiger partial charge in [0, 0.05) is 43.3 Å². The number of hydrogen-bond acceptors (Lipinski definition) is 4. The molecular formula is C20H24N4S. The summed E-state index contributed by atoms with van der Waals surface area (Å²) in [6, 6.07) is 10.6. The van der Waals surface area contributed by atoms with E-state index in [0.29, 0.717) is 5.92 Å². The number of hydrogen-bond donors (Lipinski definition) is 0. The topological polar surface area (TPSA) is 34.0 Å². The molecule has 1 saturated heterocycles. The molecule has 3 heterocycles. The van der Waals surface area contributed by atoms with E-state index in [-0.39, 0.29) is 0 Å². The van der Waals surface area contributed by atoms with Crippen molar-refractivity contribution in [3.8, 4) is 0 Å². The Hall–Kier alpha value is -1.98. The van der Waals surface area contributed by atoms with Crippen LogP contribution in [0.1, 0.15) is 40.8 Å². The summed E-state index contributed by atoms with van der Waals surface area (Å²) in [6.07, 6.45) is 6.51. The maximum Gasteiger partial charge on any atom is 0.113 e. The number of piperidine rings is 1. The van der Waals surface area contributed by atoms with Crippen molar-refractivity contribution in [3.05, 3.63) is 70.2 Å². The number of thiazole rings is 1. The van der Waals surface area contributed by atoms with Crippen LogP contribution in [-0.4, -0.2) is 32.5 Å². The summed E-state index contributed by atoms with van der Waals surface area (Å²) >= 11 is 1.74. The molecule has 5 heteroatoms. The fourth-order valence-corrected chi connectivity index (χ4v) is 4.32. The highest BCUT2D eigenvalue weighted by Gasteiger charge is 2.25. The molecular weight excluding hydrogens is 328 g/mol. The van der Waals surface area contributed by atoms with E-state index in [1.54, 1.807) is 11.3 Å². The minimum atomic E-state index is 0.507. The molecule has 0 saturated carbocycles. The first-order chi connectivity index (χ1) is 12.3. The van der Waals surface area contributed by atoms with E-state index in [4.69, 9.17) is 4.98 Å². The standard InChI is InChI=1S/C20H24N4S/c1-16-22-19(15-25-16)14-23-10-5-8-18(13-23)20-21-9-11-24(20)12-17-6-3-2-4-7-17/h2-4,6-7,9,11,15,18H,5,8,10,12-14H2,1H3/t18-/m1/s1. The highest BCUT2D eigenvalue weighted by atomic mass is 32.1. The molecule has 0 amide bonds. The Labute approximate surface area is 153 Å². The zero-order valence-corrected chi connectivity index (χ0v) is 15.5. The molecule has 1 aliphatic rings. The molecule has 0 spiro atoms. The maximum absolute atomic E-state index is 4.70. The van der Waals surface area contributed by atoms with Gasteiger partial charge >= 0.3 is 0 Å². The number of benzene rings is 1. The molecule has 1 atom stereocenters. The largest absolute Gasteiger partial charge is 0.330 e. The van der Waals surface area contributed by atoms with E-state index < -0.39 is 0 Å². The van der Waals surface area contributed by atoms with Gasteiger partial charge in [-0.3, -0.25) is 4.90 Å². The van der Waals surface area contributed by atoms with Crippen LogP contribution in [0.2, 0.25) is 0 Å². The average molecular weight is 353 g/mol. The lowest BCUT2D eigenvalue weighted by molar-refractivity contribution is 0.193. The third-order valence-electron chi connectivity index (χ3n) is 4.87. The summed E-state index contributed by atoms with van der Waals surface area (Å²) in [7, 11) is 0. The highest BCUT2D eigenvalue weighted by Crippen LogP contribution is 2.27. The average Bonchev–Trinajstić information content (AvgIpc) is 3.25. The van der Waals surface area contributed by atoms with Gasteiger partial charge in [-0.05, 0) is 31.9 Å². The Bertz CT molecular complexity index is 808. The molecule has 1 fully saturated rings. The Balaban J connectivity index is 1.45. The van der Waals surface area contributed by atoms with Gasteiger partial charge in [0.1, 0.15) is 5.82 Å². The first kappa shape index (κ1) is 16.5. The van der Waals surface area contributed by atoms with Gasteiger partial charge in [-0.1, -0.05) is 30.3 Å². The first-order valence-corrected chi connectivity index (χ1v) is 9.84. The lowest BCUT2D eigenvalue weighted by Crippen LogP contribution is -2.35. The molecule has 1 aliphatic heterocycles. The fraction of sp³-hybridized carbons (Fsp3) is 0.400. The second-order valence-electron chi connectivity index (χ2n) is 6.83. The second-order valence-corrected chi connectivity index (χ2v) is 7.89. The van der Waals surface area contributed by atoms with Crippen LogP contribution in [0.5, 0.6) is 0 Å².